The highest BCUT2D eigenvalue weighted by Gasteiger charge is 2.13. The molecule has 94 valence electrons. The molecule has 0 saturated carbocycles. The van der Waals surface area contributed by atoms with Gasteiger partial charge in [-0.1, -0.05) is 23.7 Å². The smallest absolute Gasteiger partial charge is 0.185 e. The van der Waals surface area contributed by atoms with Crippen molar-refractivity contribution in [3.8, 4) is 0 Å². The molecule has 4 heteroatoms. The standard InChI is InChI=1S/C14H15ClN2O/c1-3-17-13(7-10(2)16-17)14(18)9-11-5-4-6-12(15)8-11/h4-8H,3,9H2,1-2H3. The van der Waals surface area contributed by atoms with Crippen molar-refractivity contribution in [2.75, 3.05) is 0 Å². The summed E-state index contributed by atoms with van der Waals surface area (Å²) >= 11 is 5.91. The number of rotatable bonds is 4. The first-order valence-corrected chi connectivity index (χ1v) is 6.30. The highest BCUT2D eigenvalue weighted by molar-refractivity contribution is 6.30. The van der Waals surface area contributed by atoms with Crippen LogP contribution in [0.4, 0.5) is 0 Å². The van der Waals surface area contributed by atoms with Crippen molar-refractivity contribution in [1.82, 2.24) is 9.78 Å². The average Bonchev–Trinajstić information content (AvgIpc) is 2.70. The first-order valence-electron chi connectivity index (χ1n) is 5.92. The minimum atomic E-state index is 0.0692. The van der Waals surface area contributed by atoms with Gasteiger partial charge in [0.05, 0.1) is 5.69 Å². The second-order valence-corrected chi connectivity index (χ2v) is 4.65. The Labute approximate surface area is 111 Å². The van der Waals surface area contributed by atoms with Gasteiger partial charge in [0, 0.05) is 18.0 Å². The van der Waals surface area contributed by atoms with E-state index in [0.29, 0.717) is 23.7 Å². The molecule has 1 aromatic carbocycles. The number of ketones is 1. The number of Topliss-reactive ketones (excluding diaryl/α,β-unsaturated/α-hetero) is 1. The lowest BCUT2D eigenvalue weighted by molar-refractivity contribution is 0.0983. The predicted molar refractivity (Wildman–Crippen MR) is 72.1 cm³/mol. The molecule has 0 unspecified atom stereocenters. The van der Waals surface area contributed by atoms with Crippen molar-refractivity contribution in [2.24, 2.45) is 0 Å². The summed E-state index contributed by atoms with van der Waals surface area (Å²) in [6.07, 6.45) is 0.353. The van der Waals surface area contributed by atoms with Gasteiger partial charge in [-0.25, -0.2) is 0 Å². The molecule has 0 saturated heterocycles. The fraction of sp³-hybridized carbons (Fsp3) is 0.286. The lowest BCUT2D eigenvalue weighted by Gasteiger charge is -2.04. The maximum absolute atomic E-state index is 12.2. The molecule has 2 aromatic rings. The number of carbonyl (C=O) groups is 1. The van der Waals surface area contributed by atoms with Crippen molar-refractivity contribution in [3.05, 3.63) is 52.3 Å². The fourth-order valence-corrected chi connectivity index (χ4v) is 2.15. The van der Waals surface area contributed by atoms with Crippen molar-refractivity contribution in [1.29, 1.82) is 0 Å². The van der Waals surface area contributed by atoms with E-state index in [2.05, 4.69) is 5.10 Å². The molecule has 0 atom stereocenters. The Balaban J connectivity index is 2.21. The van der Waals surface area contributed by atoms with Crippen LogP contribution in [0.25, 0.3) is 0 Å². The van der Waals surface area contributed by atoms with Gasteiger partial charge >= 0.3 is 0 Å². The summed E-state index contributed by atoms with van der Waals surface area (Å²) in [7, 11) is 0. The molecule has 0 bridgehead atoms. The molecule has 0 aliphatic rings. The highest BCUT2D eigenvalue weighted by atomic mass is 35.5. The number of aryl methyl sites for hydroxylation is 2. The Hall–Kier alpha value is -1.61. The minimum absolute atomic E-state index is 0.0692. The van der Waals surface area contributed by atoms with Crippen LogP contribution in [0, 0.1) is 6.92 Å². The third-order valence-corrected chi connectivity index (χ3v) is 2.98. The quantitative estimate of drug-likeness (QED) is 0.793. The van der Waals surface area contributed by atoms with Crippen LogP contribution in [0.1, 0.15) is 28.7 Å². The summed E-state index contributed by atoms with van der Waals surface area (Å²) in [6, 6.07) is 9.21. The predicted octanol–water partition coefficient (Wildman–Crippen LogP) is 3.29. The van der Waals surface area contributed by atoms with Gasteiger partial charge in [0.1, 0.15) is 5.69 Å². The fourth-order valence-electron chi connectivity index (χ4n) is 1.93. The Morgan fingerprint density at radius 2 is 2.17 bits per heavy atom. The molecule has 0 amide bonds. The Kier molecular flexibility index (Phi) is 3.82. The first kappa shape index (κ1) is 12.8. The van der Waals surface area contributed by atoms with Crippen LogP contribution >= 0.6 is 11.6 Å². The largest absolute Gasteiger partial charge is 0.292 e. The summed E-state index contributed by atoms with van der Waals surface area (Å²) in [4.78, 5) is 12.2. The van der Waals surface area contributed by atoms with Crippen LogP contribution in [0.3, 0.4) is 0 Å². The van der Waals surface area contributed by atoms with E-state index < -0.39 is 0 Å². The van der Waals surface area contributed by atoms with E-state index in [9.17, 15) is 4.79 Å². The molecular formula is C14H15ClN2O. The summed E-state index contributed by atoms with van der Waals surface area (Å²) in [5.41, 5.74) is 2.45. The molecule has 0 fully saturated rings. The van der Waals surface area contributed by atoms with Crippen LogP contribution in [-0.2, 0) is 13.0 Å². The first-order chi connectivity index (χ1) is 8.60. The molecule has 0 radical (unpaired) electrons. The van der Waals surface area contributed by atoms with E-state index in [4.69, 9.17) is 11.6 Å². The molecule has 0 aliphatic heterocycles. The van der Waals surface area contributed by atoms with Gasteiger partial charge in [-0.2, -0.15) is 5.10 Å². The maximum Gasteiger partial charge on any atom is 0.185 e. The summed E-state index contributed by atoms with van der Waals surface area (Å²) < 4.78 is 1.74. The van der Waals surface area contributed by atoms with E-state index >= 15 is 0 Å². The summed E-state index contributed by atoms with van der Waals surface area (Å²) in [6.45, 7) is 4.56. The number of aromatic nitrogens is 2. The lowest BCUT2D eigenvalue weighted by atomic mass is 10.1. The number of nitrogens with zero attached hydrogens (tertiary/aromatic N) is 2. The normalized spacial score (nSPS) is 10.6. The van der Waals surface area contributed by atoms with Crippen molar-refractivity contribution >= 4 is 17.4 Å². The minimum Gasteiger partial charge on any atom is -0.292 e. The molecule has 1 aromatic heterocycles. The topological polar surface area (TPSA) is 34.9 Å². The summed E-state index contributed by atoms with van der Waals surface area (Å²) in [5.74, 6) is 0.0692. The number of hydrogen-bond acceptors (Lipinski definition) is 2. The molecule has 0 spiro atoms. The lowest BCUT2D eigenvalue weighted by Crippen LogP contribution is -2.11. The van der Waals surface area contributed by atoms with Crippen LogP contribution < -0.4 is 0 Å². The zero-order valence-electron chi connectivity index (χ0n) is 10.5. The number of carbonyl (C=O) groups excluding carboxylic acids is 1. The molecular weight excluding hydrogens is 248 g/mol. The van der Waals surface area contributed by atoms with Crippen molar-refractivity contribution in [2.45, 2.75) is 26.8 Å². The highest BCUT2D eigenvalue weighted by Crippen LogP contribution is 2.14. The number of halogens is 1. The van der Waals surface area contributed by atoms with Crippen molar-refractivity contribution in [3.63, 3.8) is 0 Å². The number of hydrogen-bond donors (Lipinski definition) is 0. The molecule has 18 heavy (non-hydrogen) atoms. The Morgan fingerprint density at radius 3 is 2.83 bits per heavy atom. The van der Waals surface area contributed by atoms with Crippen LogP contribution in [0.2, 0.25) is 5.02 Å². The van der Waals surface area contributed by atoms with Gasteiger partial charge < -0.3 is 0 Å². The van der Waals surface area contributed by atoms with Crippen molar-refractivity contribution < 1.29 is 4.79 Å². The molecule has 1 heterocycles. The van der Waals surface area contributed by atoms with Gasteiger partial charge in [-0.15, -0.1) is 0 Å². The molecule has 3 nitrogen and oxygen atoms in total. The van der Waals surface area contributed by atoms with E-state index in [1.165, 1.54) is 0 Å². The zero-order chi connectivity index (χ0) is 13.1. The average molecular weight is 263 g/mol. The second-order valence-electron chi connectivity index (χ2n) is 4.22. The van der Waals surface area contributed by atoms with Gasteiger partial charge in [-0.3, -0.25) is 9.48 Å². The Bertz CT molecular complexity index is 575. The molecule has 0 N–H and O–H groups in total. The third-order valence-electron chi connectivity index (χ3n) is 2.74. The van der Waals surface area contributed by atoms with Gasteiger partial charge in [0.15, 0.2) is 5.78 Å². The monoisotopic (exact) mass is 262 g/mol. The Morgan fingerprint density at radius 1 is 1.39 bits per heavy atom. The molecule has 0 aliphatic carbocycles. The summed E-state index contributed by atoms with van der Waals surface area (Å²) in [5, 5.41) is 4.93. The van der Waals surface area contributed by atoms with E-state index in [0.717, 1.165) is 11.3 Å². The van der Waals surface area contributed by atoms with Gasteiger partial charge in [-0.05, 0) is 37.6 Å². The van der Waals surface area contributed by atoms with E-state index in [1.807, 2.05) is 38.1 Å². The van der Waals surface area contributed by atoms with Gasteiger partial charge in [0.25, 0.3) is 0 Å². The third kappa shape index (κ3) is 2.79. The van der Waals surface area contributed by atoms with Crippen LogP contribution in [0.15, 0.2) is 30.3 Å². The molecule has 2 rings (SSSR count). The van der Waals surface area contributed by atoms with E-state index in [-0.39, 0.29) is 5.78 Å². The SMILES string of the molecule is CCn1nc(C)cc1C(=O)Cc1cccc(Cl)c1. The van der Waals surface area contributed by atoms with Gasteiger partial charge in [0.2, 0.25) is 0 Å². The van der Waals surface area contributed by atoms with Crippen LogP contribution in [-0.4, -0.2) is 15.6 Å². The maximum atomic E-state index is 12.2. The second kappa shape index (κ2) is 5.36. The van der Waals surface area contributed by atoms with E-state index in [1.54, 1.807) is 10.7 Å². The van der Waals surface area contributed by atoms with Crippen LogP contribution in [0.5, 0.6) is 0 Å². The zero-order valence-corrected chi connectivity index (χ0v) is 11.2. The number of benzene rings is 1.